The molecule has 1 aromatic carbocycles. The summed E-state index contributed by atoms with van der Waals surface area (Å²) in [6, 6.07) is 4.48. The number of halogens is 2. The lowest BCUT2D eigenvalue weighted by Crippen LogP contribution is -2.34. The minimum atomic E-state index is -0.678. The third-order valence-corrected chi connectivity index (χ3v) is 3.33. The van der Waals surface area contributed by atoms with Gasteiger partial charge in [0.25, 0.3) is 0 Å². The predicted octanol–water partition coefficient (Wildman–Crippen LogP) is 3.04. The Morgan fingerprint density at radius 1 is 1.28 bits per heavy atom. The number of benzene rings is 1. The molecule has 18 heavy (non-hydrogen) atoms. The van der Waals surface area contributed by atoms with Crippen molar-refractivity contribution in [3.8, 4) is 0 Å². The molecule has 0 aliphatic carbocycles. The van der Waals surface area contributed by atoms with Crippen LogP contribution in [0.5, 0.6) is 0 Å². The van der Waals surface area contributed by atoms with Crippen LogP contribution in [0.4, 0.5) is 4.39 Å². The van der Waals surface area contributed by atoms with Gasteiger partial charge in [0.05, 0.1) is 13.2 Å². The molecular formula is C14H20ClFO2. The third kappa shape index (κ3) is 3.94. The van der Waals surface area contributed by atoms with Gasteiger partial charge < -0.3 is 10.2 Å². The molecule has 0 aliphatic heterocycles. The lowest BCUT2D eigenvalue weighted by Gasteiger charge is -2.31. The van der Waals surface area contributed by atoms with Crippen molar-refractivity contribution in [1.29, 1.82) is 0 Å². The summed E-state index contributed by atoms with van der Waals surface area (Å²) >= 11 is 5.70. The Hall–Kier alpha value is -0.640. The normalized spacial score (nSPS) is 12.2. The molecule has 0 aliphatic rings. The van der Waals surface area contributed by atoms with Gasteiger partial charge >= 0.3 is 0 Å². The second-order valence-electron chi connectivity index (χ2n) is 5.33. The van der Waals surface area contributed by atoms with Crippen molar-refractivity contribution in [2.45, 2.75) is 26.7 Å². The molecule has 0 atom stereocenters. The van der Waals surface area contributed by atoms with Crippen LogP contribution in [0, 0.1) is 17.2 Å². The molecule has 2 N–H and O–H groups in total. The summed E-state index contributed by atoms with van der Waals surface area (Å²) in [7, 11) is 0. The largest absolute Gasteiger partial charge is 0.396 e. The molecule has 4 heteroatoms. The standard InChI is InChI=1S/C14H20ClFO2/c1-10(2)6-14(8-17,9-18)7-11-3-4-12(15)5-13(11)16/h3-5,10,17-18H,6-9H2,1-2H3. The van der Waals surface area contributed by atoms with Crippen molar-refractivity contribution in [2.75, 3.05) is 13.2 Å². The Morgan fingerprint density at radius 2 is 1.89 bits per heavy atom. The Kier molecular flexibility index (Phi) is 5.57. The highest BCUT2D eigenvalue weighted by molar-refractivity contribution is 6.30. The molecular weight excluding hydrogens is 255 g/mol. The van der Waals surface area contributed by atoms with E-state index in [1.54, 1.807) is 12.1 Å². The molecule has 0 amide bonds. The summed E-state index contributed by atoms with van der Waals surface area (Å²) in [5.74, 6) is -0.0720. The smallest absolute Gasteiger partial charge is 0.127 e. The Morgan fingerprint density at radius 3 is 2.33 bits per heavy atom. The highest BCUT2D eigenvalue weighted by atomic mass is 35.5. The lowest BCUT2D eigenvalue weighted by molar-refractivity contribution is 0.0363. The highest BCUT2D eigenvalue weighted by Gasteiger charge is 2.31. The minimum absolute atomic E-state index is 0.163. The van der Waals surface area contributed by atoms with E-state index in [0.717, 1.165) is 0 Å². The molecule has 0 heterocycles. The summed E-state index contributed by atoms with van der Waals surface area (Å²) < 4.78 is 13.7. The average Bonchev–Trinajstić information content (AvgIpc) is 2.31. The van der Waals surface area contributed by atoms with Crippen LogP contribution in [-0.4, -0.2) is 23.4 Å². The molecule has 0 aromatic heterocycles. The quantitative estimate of drug-likeness (QED) is 0.837. The summed E-state index contributed by atoms with van der Waals surface area (Å²) in [6.07, 6.45) is 0.948. The van der Waals surface area contributed by atoms with Gasteiger partial charge in [0, 0.05) is 10.4 Å². The Bertz CT molecular complexity index is 389. The second kappa shape index (κ2) is 6.50. The van der Waals surface area contributed by atoms with Gasteiger partial charge in [-0.05, 0) is 36.5 Å². The van der Waals surface area contributed by atoms with Gasteiger partial charge in [-0.3, -0.25) is 0 Å². The van der Waals surface area contributed by atoms with Crippen LogP contribution in [-0.2, 0) is 6.42 Å². The lowest BCUT2D eigenvalue weighted by atomic mass is 9.76. The number of hydrogen-bond acceptors (Lipinski definition) is 2. The van der Waals surface area contributed by atoms with Crippen LogP contribution in [0.25, 0.3) is 0 Å². The molecule has 0 saturated carbocycles. The maximum Gasteiger partial charge on any atom is 0.127 e. The molecule has 0 saturated heterocycles. The molecule has 0 radical (unpaired) electrons. The van der Waals surface area contributed by atoms with Crippen LogP contribution in [0.1, 0.15) is 25.8 Å². The number of rotatable bonds is 6. The fourth-order valence-corrected chi connectivity index (χ4v) is 2.46. The fraction of sp³-hybridized carbons (Fsp3) is 0.571. The van der Waals surface area contributed by atoms with E-state index in [1.165, 1.54) is 6.07 Å². The number of aliphatic hydroxyl groups is 2. The number of hydrogen-bond donors (Lipinski definition) is 2. The van der Waals surface area contributed by atoms with Gasteiger partial charge in [-0.1, -0.05) is 31.5 Å². The molecule has 1 rings (SSSR count). The van der Waals surface area contributed by atoms with E-state index < -0.39 is 11.2 Å². The molecule has 0 bridgehead atoms. The van der Waals surface area contributed by atoms with Gasteiger partial charge in [-0.15, -0.1) is 0 Å². The summed E-state index contributed by atoms with van der Waals surface area (Å²) in [5, 5.41) is 19.4. The summed E-state index contributed by atoms with van der Waals surface area (Å²) in [5.41, 5.74) is -0.203. The third-order valence-electron chi connectivity index (χ3n) is 3.09. The SMILES string of the molecule is CC(C)CC(CO)(CO)Cc1ccc(Cl)cc1F. The van der Waals surface area contributed by atoms with Crippen molar-refractivity contribution in [1.82, 2.24) is 0 Å². The van der Waals surface area contributed by atoms with Crippen LogP contribution in [0.15, 0.2) is 18.2 Å². The second-order valence-corrected chi connectivity index (χ2v) is 5.76. The first-order chi connectivity index (χ1) is 8.42. The maximum absolute atomic E-state index is 13.7. The molecule has 2 nitrogen and oxygen atoms in total. The van der Waals surface area contributed by atoms with Gasteiger partial charge in [0.2, 0.25) is 0 Å². The van der Waals surface area contributed by atoms with Crippen LogP contribution >= 0.6 is 11.6 Å². The first-order valence-electron chi connectivity index (χ1n) is 6.08. The number of aliphatic hydroxyl groups excluding tert-OH is 2. The average molecular weight is 275 g/mol. The molecule has 0 spiro atoms. The monoisotopic (exact) mass is 274 g/mol. The van der Waals surface area contributed by atoms with Crippen molar-refractivity contribution in [3.05, 3.63) is 34.6 Å². The van der Waals surface area contributed by atoms with Crippen molar-refractivity contribution < 1.29 is 14.6 Å². The highest BCUT2D eigenvalue weighted by Crippen LogP contribution is 2.31. The van der Waals surface area contributed by atoms with Gasteiger partial charge in [0.15, 0.2) is 0 Å². The van der Waals surface area contributed by atoms with Crippen molar-refractivity contribution in [3.63, 3.8) is 0 Å². The Balaban J connectivity index is 2.95. The van der Waals surface area contributed by atoms with Gasteiger partial charge in [0.1, 0.15) is 5.82 Å². The topological polar surface area (TPSA) is 40.5 Å². The first-order valence-corrected chi connectivity index (χ1v) is 6.46. The van der Waals surface area contributed by atoms with Gasteiger partial charge in [-0.2, -0.15) is 0 Å². The van der Waals surface area contributed by atoms with E-state index in [1.807, 2.05) is 13.8 Å². The van der Waals surface area contributed by atoms with E-state index in [9.17, 15) is 14.6 Å². The van der Waals surface area contributed by atoms with Crippen LogP contribution < -0.4 is 0 Å². The van der Waals surface area contributed by atoms with E-state index >= 15 is 0 Å². The van der Waals surface area contributed by atoms with Crippen molar-refractivity contribution >= 4 is 11.6 Å². The molecule has 102 valence electrons. The molecule has 1 aromatic rings. The van der Waals surface area contributed by atoms with E-state index in [-0.39, 0.29) is 13.2 Å². The van der Waals surface area contributed by atoms with Gasteiger partial charge in [-0.25, -0.2) is 4.39 Å². The summed E-state index contributed by atoms with van der Waals surface area (Å²) in [6.45, 7) is 3.70. The van der Waals surface area contributed by atoms with Crippen molar-refractivity contribution in [2.24, 2.45) is 11.3 Å². The fourth-order valence-electron chi connectivity index (χ4n) is 2.30. The van der Waals surface area contributed by atoms with E-state index in [2.05, 4.69) is 0 Å². The zero-order chi connectivity index (χ0) is 13.8. The van der Waals surface area contributed by atoms with Crippen LogP contribution in [0.2, 0.25) is 5.02 Å². The van der Waals surface area contributed by atoms with Crippen LogP contribution in [0.3, 0.4) is 0 Å². The molecule has 0 unspecified atom stereocenters. The van der Waals surface area contributed by atoms with E-state index in [0.29, 0.717) is 29.3 Å². The minimum Gasteiger partial charge on any atom is -0.396 e. The predicted molar refractivity (Wildman–Crippen MR) is 71.2 cm³/mol. The molecule has 0 fully saturated rings. The zero-order valence-electron chi connectivity index (χ0n) is 10.8. The maximum atomic E-state index is 13.7. The summed E-state index contributed by atoms with van der Waals surface area (Å²) in [4.78, 5) is 0. The van der Waals surface area contributed by atoms with E-state index in [4.69, 9.17) is 11.6 Å². The Labute approximate surface area is 112 Å². The first kappa shape index (κ1) is 15.4. The zero-order valence-corrected chi connectivity index (χ0v) is 11.5.